The summed E-state index contributed by atoms with van der Waals surface area (Å²) in [5.41, 5.74) is 0.612. The third-order valence-corrected chi connectivity index (χ3v) is 11.1. The van der Waals surface area contributed by atoms with Gasteiger partial charge in [-0.1, -0.05) is 51.0 Å². The fourth-order valence-corrected chi connectivity index (χ4v) is 4.86. The molecule has 144 valence electrons. The van der Waals surface area contributed by atoms with Gasteiger partial charge < -0.3 is 4.43 Å². The molecule has 2 rings (SSSR count). The summed E-state index contributed by atoms with van der Waals surface area (Å²) >= 11 is 0. The molecular formula is C17H28N4O3SSi. The highest BCUT2D eigenvalue weighted by atomic mass is 32.2. The largest absolute Gasteiger partial charge is 0.417 e. The Morgan fingerprint density at radius 2 is 1.81 bits per heavy atom. The van der Waals surface area contributed by atoms with Gasteiger partial charge in [-0.25, -0.2) is 8.42 Å². The van der Waals surface area contributed by atoms with E-state index in [1.54, 1.807) is 12.1 Å². The predicted molar refractivity (Wildman–Crippen MR) is 104 cm³/mol. The van der Waals surface area contributed by atoms with Gasteiger partial charge >= 0.3 is 0 Å². The van der Waals surface area contributed by atoms with Crippen LogP contribution in [0.5, 0.6) is 0 Å². The quantitative estimate of drug-likeness (QED) is 0.668. The van der Waals surface area contributed by atoms with Crippen molar-refractivity contribution in [1.82, 2.24) is 20.2 Å². The summed E-state index contributed by atoms with van der Waals surface area (Å²) < 4.78 is 33.0. The first-order chi connectivity index (χ1) is 11.9. The number of benzene rings is 1. The Morgan fingerprint density at radius 1 is 1.19 bits per heavy atom. The monoisotopic (exact) mass is 396 g/mol. The average molecular weight is 397 g/mol. The molecule has 1 aromatic carbocycles. The minimum absolute atomic E-state index is 0.0607. The van der Waals surface area contributed by atoms with Gasteiger partial charge in [-0.05, 0) is 46.6 Å². The maximum absolute atomic E-state index is 12.8. The molecule has 9 heteroatoms. The Morgan fingerprint density at radius 3 is 2.38 bits per heavy atom. The minimum Gasteiger partial charge on any atom is -0.417 e. The summed E-state index contributed by atoms with van der Waals surface area (Å²) in [5.74, 6) is -0.218. The van der Waals surface area contributed by atoms with E-state index in [0.29, 0.717) is 12.3 Å². The molecule has 0 unspecified atom stereocenters. The lowest BCUT2D eigenvalue weighted by molar-refractivity contribution is 0.248. The van der Waals surface area contributed by atoms with Crippen LogP contribution in [0, 0.1) is 5.92 Å². The standard InChI is InChI=1S/C17H28N4O3SSi/c1-14(12-24-26(5,6)17(2,3)4)13-25(22,23)16-18-19-20-21(16)15-10-8-7-9-11-15/h7-11,14H,12-13H2,1-6H3/t14-/m1/s1. The fraction of sp³-hybridized carbons (Fsp3) is 0.588. The number of para-hydroxylation sites is 1. The molecular weight excluding hydrogens is 368 g/mol. The van der Waals surface area contributed by atoms with E-state index >= 15 is 0 Å². The van der Waals surface area contributed by atoms with Crippen molar-refractivity contribution in [2.75, 3.05) is 12.4 Å². The van der Waals surface area contributed by atoms with Crippen LogP contribution in [0.2, 0.25) is 18.1 Å². The van der Waals surface area contributed by atoms with E-state index in [4.69, 9.17) is 4.43 Å². The van der Waals surface area contributed by atoms with Crippen LogP contribution in [0.15, 0.2) is 35.5 Å². The van der Waals surface area contributed by atoms with Crippen molar-refractivity contribution in [3.63, 3.8) is 0 Å². The Hall–Kier alpha value is -1.58. The van der Waals surface area contributed by atoms with Crippen molar-refractivity contribution in [3.8, 4) is 5.69 Å². The molecule has 7 nitrogen and oxygen atoms in total. The Kier molecular flexibility index (Phi) is 6.04. The molecule has 0 saturated heterocycles. The average Bonchev–Trinajstić information content (AvgIpc) is 3.03. The maximum Gasteiger partial charge on any atom is 0.272 e. The van der Waals surface area contributed by atoms with Crippen molar-refractivity contribution in [2.24, 2.45) is 5.92 Å². The molecule has 0 aliphatic heterocycles. The van der Waals surface area contributed by atoms with Gasteiger partial charge in [-0.2, -0.15) is 4.68 Å². The van der Waals surface area contributed by atoms with Gasteiger partial charge in [-0.15, -0.1) is 0 Å². The van der Waals surface area contributed by atoms with Crippen LogP contribution in [0.1, 0.15) is 27.7 Å². The van der Waals surface area contributed by atoms with Crippen molar-refractivity contribution < 1.29 is 12.8 Å². The van der Waals surface area contributed by atoms with Crippen LogP contribution in [0.3, 0.4) is 0 Å². The van der Waals surface area contributed by atoms with Gasteiger partial charge in [0.1, 0.15) is 0 Å². The lowest BCUT2D eigenvalue weighted by atomic mass is 10.2. The summed E-state index contributed by atoms with van der Waals surface area (Å²) in [6.07, 6.45) is 0. The molecule has 1 atom stereocenters. The number of aromatic nitrogens is 4. The number of tetrazole rings is 1. The second kappa shape index (κ2) is 7.57. The normalized spacial score (nSPS) is 14.4. The molecule has 0 saturated carbocycles. The Balaban J connectivity index is 2.12. The SMILES string of the molecule is C[C@H](CO[Si](C)(C)C(C)(C)C)CS(=O)(=O)c1nnnn1-c1ccccc1. The fourth-order valence-electron chi connectivity index (χ4n) is 2.17. The Bertz CT molecular complexity index is 829. The number of nitrogens with zero attached hydrogens (tertiary/aromatic N) is 4. The smallest absolute Gasteiger partial charge is 0.272 e. The summed E-state index contributed by atoms with van der Waals surface area (Å²) in [6, 6.07) is 8.99. The van der Waals surface area contributed by atoms with E-state index in [1.807, 2.05) is 25.1 Å². The highest BCUT2D eigenvalue weighted by Gasteiger charge is 2.37. The highest BCUT2D eigenvalue weighted by molar-refractivity contribution is 7.91. The molecule has 0 spiro atoms. The second-order valence-corrected chi connectivity index (χ2v) is 14.9. The first-order valence-electron chi connectivity index (χ1n) is 8.64. The molecule has 0 amide bonds. The third-order valence-electron chi connectivity index (χ3n) is 4.76. The molecule has 0 radical (unpaired) electrons. The maximum atomic E-state index is 12.8. The topological polar surface area (TPSA) is 87.0 Å². The highest BCUT2D eigenvalue weighted by Crippen LogP contribution is 2.36. The van der Waals surface area contributed by atoms with Crippen LogP contribution in [-0.4, -0.2) is 49.3 Å². The van der Waals surface area contributed by atoms with Crippen LogP contribution in [0.4, 0.5) is 0 Å². The van der Waals surface area contributed by atoms with Crippen LogP contribution in [0.25, 0.3) is 5.69 Å². The Labute approximate surface area is 156 Å². The van der Waals surface area contributed by atoms with E-state index in [2.05, 4.69) is 49.4 Å². The zero-order valence-corrected chi connectivity index (χ0v) is 18.1. The van der Waals surface area contributed by atoms with E-state index in [0.717, 1.165) is 0 Å². The molecule has 1 heterocycles. The van der Waals surface area contributed by atoms with E-state index < -0.39 is 18.2 Å². The molecule has 0 aliphatic rings. The van der Waals surface area contributed by atoms with Crippen LogP contribution >= 0.6 is 0 Å². The van der Waals surface area contributed by atoms with Crippen molar-refractivity contribution in [2.45, 2.75) is 51.0 Å². The van der Waals surface area contributed by atoms with Crippen molar-refractivity contribution in [1.29, 1.82) is 0 Å². The molecule has 26 heavy (non-hydrogen) atoms. The van der Waals surface area contributed by atoms with E-state index in [1.165, 1.54) is 4.68 Å². The van der Waals surface area contributed by atoms with Gasteiger partial charge in [-0.3, -0.25) is 0 Å². The summed E-state index contributed by atoms with van der Waals surface area (Å²) in [5, 5.41) is 11.1. The van der Waals surface area contributed by atoms with Gasteiger partial charge in [0.25, 0.3) is 5.16 Å². The number of hydrogen-bond acceptors (Lipinski definition) is 6. The summed E-state index contributed by atoms with van der Waals surface area (Å²) in [6.45, 7) is 13.1. The van der Waals surface area contributed by atoms with Gasteiger partial charge in [0.15, 0.2) is 8.32 Å². The van der Waals surface area contributed by atoms with E-state index in [-0.39, 0.29) is 21.9 Å². The molecule has 1 aromatic heterocycles. The third kappa shape index (κ3) is 4.77. The minimum atomic E-state index is -3.64. The second-order valence-electron chi connectivity index (χ2n) is 8.17. The molecule has 0 fully saturated rings. The predicted octanol–water partition coefficient (Wildman–Crippen LogP) is 3.09. The lowest BCUT2D eigenvalue weighted by Crippen LogP contribution is -2.42. The van der Waals surface area contributed by atoms with Gasteiger partial charge in [0.05, 0.1) is 11.4 Å². The van der Waals surface area contributed by atoms with Crippen molar-refractivity contribution >= 4 is 18.2 Å². The molecule has 2 aromatic rings. The molecule has 0 aliphatic carbocycles. The van der Waals surface area contributed by atoms with Gasteiger partial charge in [0.2, 0.25) is 9.84 Å². The number of rotatable bonds is 7. The summed E-state index contributed by atoms with van der Waals surface area (Å²) in [7, 11) is -5.55. The van der Waals surface area contributed by atoms with Crippen molar-refractivity contribution in [3.05, 3.63) is 30.3 Å². The summed E-state index contributed by atoms with van der Waals surface area (Å²) in [4.78, 5) is 0. The molecule has 0 N–H and O–H groups in total. The van der Waals surface area contributed by atoms with Crippen LogP contribution < -0.4 is 0 Å². The zero-order valence-electron chi connectivity index (χ0n) is 16.3. The van der Waals surface area contributed by atoms with Gasteiger partial charge in [0, 0.05) is 6.61 Å². The van der Waals surface area contributed by atoms with Crippen LogP contribution in [-0.2, 0) is 14.3 Å². The first kappa shape index (κ1) is 20.7. The zero-order chi connectivity index (χ0) is 19.6. The van der Waals surface area contributed by atoms with E-state index in [9.17, 15) is 8.42 Å². The number of hydrogen-bond donors (Lipinski definition) is 0. The number of sulfone groups is 1. The lowest BCUT2D eigenvalue weighted by Gasteiger charge is -2.36. The first-order valence-corrected chi connectivity index (χ1v) is 13.2. The molecule has 0 bridgehead atoms.